The number of halogens is 2. The van der Waals surface area contributed by atoms with Crippen LogP contribution in [0.2, 0.25) is 0 Å². The average molecular weight is 999 g/mol. The molecule has 2 atom stereocenters. The van der Waals surface area contributed by atoms with Gasteiger partial charge in [0.05, 0.1) is 80.2 Å². The van der Waals surface area contributed by atoms with Gasteiger partial charge in [0, 0.05) is 74.8 Å². The van der Waals surface area contributed by atoms with E-state index in [4.69, 9.17) is 19.4 Å². The molecular formula is C58H60F2N10O4. The second-order valence-corrected chi connectivity index (χ2v) is 20.9. The van der Waals surface area contributed by atoms with Crippen molar-refractivity contribution in [1.82, 2.24) is 49.1 Å². The fraction of sp³-hybridized carbons (Fsp3) is 0.345. The Labute approximate surface area is 427 Å². The zero-order chi connectivity index (χ0) is 51.5. The summed E-state index contributed by atoms with van der Waals surface area (Å²) < 4.78 is 47.6. The van der Waals surface area contributed by atoms with Crippen molar-refractivity contribution < 1.29 is 28.5 Å². The lowest BCUT2D eigenvalue weighted by molar-refractivity contribution is 0.0551. The molecule has 8 heterocycles. The number of hydrogen-bond donors (Lipinski definition) is 2. The number of benzene rings is 4. The first-order valence-electron chi connectivity index (χ1n) is 25.3. The first-order valence-corrected chi connectivity index (χ1v) is 25.3. The van der Waals surface area contributed by atoms with Gasteiger partial charge in [-0.1, -0.05) is 59.0 Å². The largest absolute Gasteiger partial charge is 0.386 e. The van der Waals surface area contributed by atoms with Gasteiger partial charge < -0.3 is 28.8 Å². The van der Waals surface area contributed by atoms with Crippen LogP contribution in [0.15, 0.2) is 122 Å². The van der Waals surface area contributed by atoms with E-state index in [0.29, 0.717) is 26.4 Å². The second kappa shape index (κ2) is 19.6. The molecule has 0 radical (unpaired) electrons. The molecule has 4 aromatic carbocycles. The summed E-state index contributed by atoms with van der Waals surface area (Å²) in [6.07, 6.45) is 10.8. The number of nitrogens with zero attached hydrogens (tertiary/aromatic N) is 10. The molecular weight excluding hydrogens is 939 g/mol. The van der Waals surface area contributed by atoms with Gasteiger partial charge in [-0.15, -0.1) is 10.2 Å². The van der Waals surface area contributed by atoms with Crippen LogP contribution in [0, 0.1) is 23.5 Å². The predicted octanol–water partition coefficient (Wildman–Crippen LogP) is 10.7. The minimum absolute atomic E-state index is 0.0664. The molecule has 2 fully saturated rings. The summed E-state index contributed by atoms with van der Waals surface area (Å²) in [7, 11) is 3.72. The Kier molecular flexibility index (Phi) is 12.9. The monoisotopic (exact) mass is 998 g/mol. The van der Waals surface area contributed by atoms with E-state index in [2.05, 4.69) is 54.0 Å². The van der Waals surface area contributed by atoms with E-state index in [9.17, 15) is 19.0 Å². The number of rotatable bonds is 10. The van der Waals surface area contributed by atoms with Crippen molar-refractivity contribution >= 4 is 43.9 Å². The van der Waals surface area contributed by atoms with Crippen molar-refractivity contribution in [2.45, 2.75) is 76.7 Å². The van der Waals surface area contributed by atoms with Crippen molar-refractivity contribution in [2.24, 2.45) is 25.9 Å². The Hall–Kier alpha value is -7.24. The van der Waals surface area contributed by atoms with Gasteiger partial charge >= 0.3 is 0 Å². The third-order valence-corrected chi connectivity index (χ3v) is 15.1. The quantitative estimate of drug-likeness (QED) is 0.135. The highest BCUT2D eigenvalue weighted by molar-refractivity contribution is 6.08. The minimum Gasteiger partial charge on any atom is -0.386 e. The zero-order valence-corrected chi connectivity index (χ0v) is 42.5. The predicted molar refractivity (Wildman–Crippen MR) is 281 cm³/mol. The summed E-state index contributed by atoms with van der Waals surface area (Å²) in [5.74, 6) is 0.0546. The van der Waals surface area contributed by atoms with Crippen LogP contribution in [0.1, 0.15) is 87.7 Å². The third-order valence-electron chi connectivity index (χ3n) is 15.1. The fourth-order valence-electron chi connectivity index (χ4n) is 11.2. The summed E-state index contributed by atoms with van der Waals surface area (Å²) in [4.78, 5) is 9.83. The highest BCUT2D eigenvalue weighted by Gasteiger charge is 2.33. The van der Waals surface area contributed by atoms with Gasteiger partial charge in [-0.05, 0) is 136 Å². The molecule has 6 aromatic heterocycles. The molecule has 2 saturated heterocycles. The topological polar surface area (TPSA) is 156 Å². The maximum atomic E-state index is 14.0. The molecule has 12 rings (SSSR count). The molecule has 74 heavy (non-hydrogen) atoms. The van der Waals surface area contributed by atoms with Crippen LogP contribution >= 0.6 is 0 Å². The number of hydrogen-bond acceptors (Lipinski definition) is 10. The Balaban J connectivity index is 0.000000159. The van der Waals surface area contributed by atoms with Crippen LogP contribution < -0.4 is 0 Å². The average Bonchev–Trinajstić information content (AvgIpc) is 4.18. The van der Waals surface area contributed by atoms with Gasteiger partial charge in [0.1, 0.15) is 11.6 Å². The van der Waals surface area contributed by atoms with Crippen molar-refractivity contribution in [2.75, 3.05) is 26.4 Å². The summed E-state index contributed by atoms with van der Waals surface area (Å²) in [5, 5.41) is 40.0. The number of aryl methyl sites for hydroxylation is 2. The van der Waals surface area contributed by atoms with Crippen LogP contribution in [0.5, 0.6) is 0 Å². The molecule has 0 saturated carbocycles. The molecule has 380 valence electrons. The van der Waals surface area contributed by atoms with Gasteiger partial charge in [0.2, 0.25) is 0 Å². The SMILES string of the molecule is Cn1nncc1-c1cnc2c3ccc(C(C)(C)O)cc3n(C(c3ccc(F)cc3)C3CCOCC3)c2c1.Cn1nncc1-c1cnc2c3ccc(C(C)(C)O)cc3n(C(c3ccc(F)cc3)C3CCOCC3)c2c1. The minimum atomic E-state index is -1.00. The van der Waals surface area contributed by atoms with E-state index in [-0.39, 0.29) is 35.6 Å². The van der Waals surface area contributed by atoms with Gasteiger partial charge in [-0.25, -0.2) is 18.1 Å². The first-order chi connectivity index (χ1) is 35.6. The molecule has 2 aliphatic rings. The lowest BCUT2D eigenvalue weighted by Crippen LogP contribution is -2.27. The zero-order valence-electron chi connectivity index (χ0n) is 42.5. The van der Waals surface area contributed by atoms with Crippen molar-refractivity contribution in [3.05, 3.63) is 156 Å². The Morgan fingerprint density at radius 1 is 0.514 bits per heavy atom. The van der Waals surface area contributed by atoms with Gasteiger partial charge in [0.25, 0.3) is 0 Å². The molecule has 0 aliphatic carbocycles. The molecule has 2 unspecified atom stereocenters. The van der Waals surface area contributed by atoms with E-state index >= 15 is 0 Å². The summed E-state index contributed by atoms with van der Waals surface area (Å²) >= 11 is 0. The normalized spacial score (nSPS) is 16.0. The lowest BCUT2D eigenvalue weighted by Gasteiger charge is -2.33. The van der Waals surface area contributed by atoms with Crippen molar-refractivity contribution in [1.29, 1.82) is 0 Å². The third kappa shape index (κ3) is 9.24. The van der Waals surface area contributed by atoms with Gasteiger partial charge in [-0.2, -0.15) is 0 Å². The number of aromatic nitrogens is 10. The standard InChI is InChI=1S/2C29H30FN5O2/c2*1-29(2,36)21-6-9-23-24(15-21)35(25-14-20(16-31-27(23)25)26-17-32-33-34(26)3)28(19-10-12-37-13-11-19)18-4-7-22(30)8-5-18/h2*4-9,14-17,19,28,36H,10-13H2,1-3H3. The van der Waals surface area contributed by atoms with Crippen LogP contribution in [0.4, 0.5) is 8.78 Å². The number of pyridine rings is 2. The van der Waals surface area contributed by atoms with Gasteiger partial charge in [0.15, 0.2) is 0 Å². The lowest BCUT2D eigenvalue weighted by atomic mass is 9.86. The molecule has 16 heteroatoms. The maximum absolute atomic E-state index is 14.0. The highest BCUT2D eigenvalue weighted by atomic mass is 19.1. The van der Waals surface area contributed by atoms with Crippen LogP contribution in [-0.4, -0.2) is 85.7 Å². The number of ether oxygens (including phenoxy) is 2. The Morgan fingerprint density at radius 3 is 1.23 bits per heavy atom. The molecule has 2 aliphatic heterocycles. The van der Waals surface area contributed by atoms with E-state index in [1.54, 1.807) is 49.5 Å². The van der Waals surface area contributed by atoms with Crippen molar-refractivity contribution in [3.8, 4) is 22.5 Å². The van der Waals surface area contributed by atoms with E-state index in [1.165, 1.54) is 24.3 Å². The Morgan fingerprint density at radius 2 is 0.892 bits per heavy atom. The molecule has 0 spiro atoms. The van der Waals surface area contributed by atoms with Crippen LogP contribution in [0.3, 0.4) is 0 Å². The summed E-state index contributed by atoms with van der Waals surface area (Å²) in [5.41, 5.74) is 11.0. The first kappa shape index (κ1) is 49.0. The smallest absolute Gasteiger partial charge is 0.123 e. The van der Waals surface area contributed by atoms with E-state index < -0.39 is 11.2 Å². The van der Waals surface area contributed by atoms with Crippen molar-refractivity contribution in [3.63, 3.8) is 0 Å². The second-order valence-electron chi connectivity index (χ2n) is 20.9. The van der Waals surface area contributed by atoms with E-state index in [1.807, 2.05) is 75.0 Å². The van der Waals surface area contributed by atoms with E-state index in [0.717, 1.165) is 114 Å². The molecule has 10 aromatic rings. The maximum Gasteiger partial charge on any atom is 0.123 e. The summed E-state index contributed by atoms with van der Waals surface area (Å²) in [6.45, 7) is 9.95. The molecule has 14 nitrogen and oxygen atoms in total. The Bertz CT molecular complexity index is 3390. The molecule has 0 amide bonds. The van der Waals surface area contributed by atoms with Crippen LogP contribution in [0.25, 0.3) is 66.4 Å². The summed E-state index contributed by atoms with van der Waals surface area (Å²) in [6, 6.07) is 30.0. The number of fused-ring (bicyclic) bond motifs is 6. The number of aliphatic hydroxyl groups is 2. The highest BCUT2D eigenvalue weighted by Crippen LogP contribution is 2.44. The fourth-order valence-corrected chi connectivity index (χ4v) is 11.2. The van der Waals surface area contributed by atoms with Crippen LogP contribution in [-0.2, 0) is 34.8 Å². The molecule has 2 N–H and O–H groups in total. The van der Waals surface area contributed by atoms with Gasteiger partial charge in [-0.3, -0.25) is 9.97 Å². The molecule has 0 bridgehead atoms.